The Morgan fingerprint density at radius 1 is 1.09 bits per heavy atom. The molecule has 0 bridgehead atoms. The van der Waals surface area contributed by atoms with Crippen molar-refractivity contribution in [3.8, 4) is 0 Å². The normalized spacial score (nSPS) is 22.7. The zero-order valence-corrected chi connectivity index (χ0v) is 26.8. The van der Waals surface area contributed by atoms with E-state index in [0.29, 0.717) is 60.3 Å². The number of halogens is 1. The third-order valence-corrected chi connectivity index (χ3v) is 12.1. The second-order valence-electron chi connectivity index (χ2n) is 11.5. The monoisotopic (exact) mass is 685 g/mol. The Labute approximate surface area is 273 Å². The average Bonchev–Trinajstić information content (AvgIpc) is 3.52. The standard InChI is InChI=1S/C30H28FN5O7S3/c1-14-35-19-11-20(18(31)10-17(19)25(38)22(29(40)41)27(35)46-14)34-6-4-33(5-7-34)12-15-13-45-28-23(26(39)36(28)24(15)30(42)43)32-21(37)9-16-3-2-8-44-16/h2-3,8,10-11,14,23,28H,4-7,9,12-13H2,1H3,(H,32,37)(H,40,41)(H,42,43)/t14?,23-,28-/m1/s1. The zero-order chi connectivity index (χ0) is 32.4. The second kappa shape index (κ2) is 11.7. The van der Waals surface area contributed by atoms with Crippen molar-refractivity contribution in [2.24, 2.45) is 0 Å². The minimum absolute atomic E-state index is 0.0271. The van der Waals surface area contributed by atoms with Crippen LogP contribution in [-0.4, -0.2) is 98.2 Å². The number of thioether (sulfide) groups is 2. The summed E-state index contributed by atoms with van der Waals surface area (Å²) in [5.41, 5.74) is 0.319. The Hall–Kier alpha value is -3.86. The molecule has 6 heterocycles. The molecule has 3 N–H and O–H groups in total. The van der Waals surface area contributed by atoms with Crippen LogP contribution in [0.4, 0.5) is 10.1 Å². The maximum Gasteiger partial charge on any atom is 0.352 e. The van der Waals surface area contributed by atoms with E-state index in [2.05, 4.69) is 10.2 Å². The van der Waals surface area contributed by atoms with E-state index in [1.165, 1.54) is 39.8 Å². The maximum absolute atomic E-state index is 15.4. The molecular weight excluding hydrogens is 658 g/mol. The summed E-state index contributed by atoms with van der Waals surface area (Å²) in [6.45, 7) is 4.08. The Balaban J connectivity index is 1.04. The number of hydrogen-bond acceptors (Lipinski definition) is 10. The number of amides is 2. The maximum atomic E-state index is 15.4. The van der Waals surface area contributed by atoms with E-state index in [9.17, 15) is 34.2 Å². The molecule has 2 aromatic heterocycles. The lowest BCUT2D eigenvalue weighted by molar-refractivity contribution is -0.150. The summed E-state index contributed by atoms with van der Waals surface area (Å²) < 4.78 is 17.2. The SMILES string of the molecule is CC1Sc2c(C(=O)O)c(=O)c3cc(F)c(N4CCN(CC5=C(C(=O)O)N6C(=O)[C@@H](NC(=O)Cc7cccs7)[C@H]6SC5)CC4)cc3n21. The summed E-state index contributed by atoms with van der Waals surface area (Å²) in [6, 6.07) is 5.64. The molecule has 2 saturated heterocycles. The van der Waals surface area contributed by atoms with Crippen molar-refractivity contribution in [3.05, 3.63) is 67.4 Å². The number of aromatic nitrogens is 1. The van der Waals surface area contributed by atoms with Gasteiger partial charge < -0.3 is 25.0 Å². The smallest absolute Gasteiger partial charge is 0.352 e. The molecule has 4 aliphatic heterocycles. The Kier molecular flexibility index (Phi) is 7.85. The number of carboxylic acid groups (broad SMARTS) is 2. The average molecular weight is 686 g/mol. The molecule has 3 aromatic rings. The van der Waals surface area contributed by atoms with Gasteiger partial charge in [0.05, 0.1) is 28.0 Å². The van der Waals surface area contributed by atoms with Crippen LogP contribution in [0.25, 0.3) is 10.9 Å². The van der Waals surface area contributed by atoms with Crippen LogP contribution in [0, 0.1) is 5.82 Å². The first kappa shape index (κ1) is 30.8. The van der Waals surface area contributed by atoms with Crippen LogP contribution in [0.1, 0.15) is 27.5 Å². The number of carboxylic acids is 2. The minimum Gasteiger partial charge on any atom is -0.477 e. The number of hydrogen-bond donors (Lipinski definition) is 3. The Bertz CT molecular complexity index is 1900. The van der Waals surface area contributed by atoms with Crippen molar-refractivity contribution < 1.29 is 33.8 Å². The molecule has 240 valence electrons. The highest BCUT2D eigenvalue weighted by Gasteiger charge is 2.54. The lowest BCUT2D eigenvalue weighted by Crippen LogP contribution is -2.70. The first-order valence-electron chi connectivity index (χ1n) is 14.5. The molecule has 0 aliphatic carbocycles. The molecule has 0 radical (unpaired) electrons. The Morgan fingerprint density at radius 2 is 1.85 bits per heavy atom. The Morgan fingerprint density at radius 3 is 2.50 bits per heavy atom. The molecule has 7 rings (SSSR count). The van der Waals surface area contributed by atoms with Crippen LogP contribution in [0.3, 0.4) is 0 Å². The molecule has 0 spiro atoms. The van der Waals surface area contributed by atoms with Crippen LogP contribution in [-0.2, 0) is 20.8 Å². The van der Waals surface area contributed by atoms with Gasteiger partial charge in [-0.2, -0.15) is 0 Å². The van der Waals surface area contributed by atoms with Gasteiger partial charge in [0.1, 0.15) is 28.5 Å². The number of nitrogens with one attached hydrogen (secondary N) is 1. The van der Waals surface area contributed by atoms with Crippen molar-refractivity contribution in [2.45, 2.75) is 35.2 Å². The number of aromatic carboxylic acids is 1. The van der Waals surface area contributed by atoms with Gasteiger partial charge in [-0.25, -0.2) is 14.0 Å². The number of carbonyl (C=O) groups excluding carboxylic acids is 2. The molecule has 12 nitrogen and oxygen atoms in total. The highest BCUT2D eigenvalue weighted by molar-refractivity contribution is 8.00. The first-order valence-corrected chi connectivity index (χ1v) is 17.3. The topological polar surface area (TPSA) is 152 Å². The van der Waals surface area contributed by atoms with Crippen LogP contribution in [0.15, 0.2) is 50.7 Å². The summed E-state index contributed by atoms with van der Waals surface area (Å²) >= 11 is 4.16. The quantitative estimate of drug-likeness (QED) is 0.300. The molecule has 16 heteroatoms. The number of thiophene rings is 1. The molecule has 4 aliphatic rings. The number of pyridine rings is 1. The molecular formula is C30H28FN5O7S3. The molecule has 46 heavy (non-hydrogen) atoms. The number of carbonyl (C=O) groups is 4. The van der Waals surface area contributed by atoms with E-state index < -0.39 is 40.5 Å². The van der Waals surface area contributed by atoms with Gasteiger partial charge in [0.15, 0.2) is 0 Å². The van der Waals surface area contributed by atoms with Gasteiger partial charge in [0, 0.05) is 48.7 Å². The number of fused-ring (bicyclic) bond motifs is 4. The zero-order valence-electron chi connectivity index (χ0n) is 24.4. The van der Waals surface area contributed by atoms with Crippen molar-refractivity contribution in [1.29, 1.82) is 0 Å². The fourth-order valence-corrected chi connectivity index (χ4v) is 9.68. The summed E-state index contributed by atoms with van der Waals surface area (Å²) in [7, 11) is 0. The molecule has 3 atom stereocenters. The lowest BCUT2D eigenvalue weighted by atomic mass is 10.0. The van der Waals surface area contributed by atoms with Gasteiger partial charge in [-0.1, -0.05) is 17.8 Å². The predicted molar refractivity (Wildman–Crippen MR) is 172 cm³/mol. The third kappa shape index (κ3) is 5.07. The largest absolute Gasteiger partial charge is 0.477 e. The third-order valence-electron chi connectivity index (χ3n) is 8.70. The summed E-state index contributed by atoms with van der Waals surface area (Å²) in [5, 5.41) is 24.1. The van der Waals surface area contributed by atoms with Crippen molar-refractivity contribution in [3.63, 3.8) is 0 Å². The van der Waals surface area contributed by atoms with Crippen LogP contribution >= 0.6 is 34.9 Å². The molecule has 2 fully saturated rings. The van der Waals surface area contributed by atoms with Crippen molar-refractivity contribution >= 4 is 75.2 Å². The number of rotatable bonds is 8. The van der Waals surface area contributed by atoms with Crippen LogP contribution in [0.2, 0.25) is 0 Å². The second-order valence-corrected chi connectivity index (χ2v) is 14.9. The first-order chi connectivity index (χ1) is 22.0. The van der Waals surface area contributed by atoms with Gasteiger partial charge in [-0.15, -0.1) is 23.1 Å². The predicted octanol–water partition coefficient (Wildman–Crippen LogP) is 2.63. The minimum atomic E-state index is -1.33. The summed E-state index contributed by atoms with van der Waals surface area (Å²) in [5.74, 6) is -3.48. The number of piperazine rings is 1. The van der Waals surface area contributed by atoms with E-state index >= 15 is 4.39 Å². The van der Waals surface area contributed by atoms with Crippen molar-refractivity contribution in [1.82, 2.24) is 19.7 Å². The fraction of sp³-hybridized carbons (Fsp3) is 0.367. The van der Waals surface area contributed by atoms with E-state index in [1.54, 1.807) is 10.6 Å². The van der Waals surface area contributed by atoms with Gasteiger partial charge in [-0.05, 0) is 36.1 Å². The highest BCUT2D eigenvalue weighted by Crippen LogP contribution is 2.47. The van der Waals surface area contributed by atoms with Gasteiger partial charge in [0.25, 0.3) is 5.91 Å². The van der Waals surface area contributed by atoms with Crippen LogP contribution < -0.4 is 15.6 Å². The van der Waals surface area contributed by atoms with E-state index in [1.807, 2.05) is 29.3 Å². The van der Waals surface area contributed by atoms with Crippen LogP contribution in [0.5, 0.6) is 0 Å². The number of benzene rings is 1. The van der Waals surface area contributed by atoms with Gasteiger partial charge in [-0.3, -0.25) is 24.2 Å². The molecule has 1 aromatic carbocycles. The molecule has 0 saturated carbocycles. The van der Waals surface area contributed by atoms with E-state index in [4.69, 9.17) is 0 Å². The van der Waals surface area contributed by atoms with E-state index in [0.717, 1.165) is 10.9 Å². The van der Waals surface area contributed by atoms with Gasteiger partial charge in [0.2, 0.25) is 11.3 Å². The fourth-order valence-electron chi connectivity index (χ4n) is 6.48. The van der Waals surface area contributed by atoms with Gasteiger partial charge >= 0.3 is 11.9 Å². The summed E-state index contributed by atoms with van der Waals surface area (Å²) in [6.07, 6.45) is 0.158. The number of aliphatic carboxylic acids is 1. The number of anilines is 1. The number of nitrogens with zero attached hydrogens (tertiary/aromatic N) is 4. The molecule has 1 unspecified atom stereocenters. The summed E-state index contributed by atoms with van der Waals surface area (Å²) in [4.78, 5) is 68.7. The number of β-lactam (4-membered cyclic amide) rings is 1. The van der Waals surface area contributed by atoms with Crippen molar-refractivity contribution in [2.75, 3.05) is 43.4 Å². The lowest BCUT2D eigenvalue weighted by Gasteiger charge is -2.50. The van der Waals surface area contributed by atoms with E-state index in [-0.39, 0.29) is 34.3 Å². The highest BCUT2D eigenvalue weighted by atomic mass is 32.2. The molecule has 2 amide bonds.